The van der Waals surface area contributed by atoms with Crippen molar-refractivity contribution in [2.24, 2.45) is 0 Å². The normalized spacial score (nSPS) is 14.9. The van der Waals surface area contributed by atoms with Crippen molar-refractivity contribution in [2.75, 3.05) is 5.32 Å². The van der Waals surface area contributed by atoms with Gasteiger partial charge in [0.05, 0.1) is 10.7 Å². The quantitative estimate of drug-likeness (QED) is 0.909. The van der Waals surface area contributed by atoms with Crippen molar-refractivity contribution in [3.8, 4) is 0 Å². The van der Waals surface area contributed by atoms with Gasteiger partial charge in [-0.25, -0.2) is 9.37 Å². The van der Waals surface area contributed by atoms with E-state index in [1.807, 2.05) is 5.38 Å². The van der Waals surface area contributed by atoms with E-state index in [0.717, 1.165) is 5.69 Å². The molecule has 20 heavy (non-hydrogen) atoms. The summed E-state index contributed by atoms with van der Waals surface area (Å²) in [6, 6.07) is 3.89. The monoisotopic (exact) mass is 310 g/mol. The third kappa shape index (κ3) is 2.69. The fourth-order valence-corrected chi connectivity index (χ4v) is 3.01. The number of amides is 1. The first-order chi connectivity index (χ1) is 9.63. The average Bonchev–Trinajstić information content (AvgIpc) is 2.78. The molecule has 1 amide bonds. The standard InChI is InChI=1S/C14H12ClFN2OS/c15-10-6-9(4-5-11(10)16)13(19)18-14-17-12(7-20-14)8-2-1-3-8/h4-8H,1-3H2,(H,17,18,19). The van der Waals surface area contributed by atoms with E-state index in [1.54, 1.807) is 0 Å². The van der Waals surface area contributed by atoms with Crippen molar-refractivity contribution in [1.29, 1.82) is 0 Å². The Hall–Kier alpha value is -1.46. The Labute approximate surface area is 124 Å². The van der Waals surface area contributed by atoms with Crippen LogP contribution in [0.1, 0.15) is 41.2 Å². The summed E-state index contributed by atoms with van der Waals surface area (Å²) in [5.41, 5.74) is 1.37. The van der Waals surface area contributed by atoms with Crippen molar-refractivity contribution in [2.45, 2.75) is 25.2 Å². The van der Waals surface area contributed by atoms with Crippen LogP contribution < -0.4 is 5.32 Å². The predicted molar refractivity (Wildman–Crippen MR) is 78.1 cm³/mol. The highest BCUT2D eigenvalue weighted by Crippen LogP contribution is 2.37. The fourth-order valence-electron chi connectivity index (χ4n) is 2.04. The van der Waals surface area contributed by atoms with E-state index in [9.17, 15) is 9.18 Å². The molecule has 3 rings (SSSR count). The highest BCUT2D eigenvalue weighted by atomic mass is 35.5. The molecule has 0 spiro atoms. The Morgan fingerprint density at radius 1 is 1.45 bits per heavy atom. The van der Waals surface area contributed by atoms with Crippen LogP contribution in [0, 0.1) is 5.82 Å². The molecule has 0 aliphatic heterocycles. The first kappa shape index (κ1) is 13.5. The highest BCUT2D eigenvalue weighted by molar-refractivity contribution is 7.14. The van der Waals surface area contributed by atoms with Gasteiger partial charge in [-0.3, -0.25) is 10.1 Å². The minimum atomic E-state index is -0.537. The van der Waals surface area contributed by atoms with E-state index in [1.165, 1.54) is 48.8 Å². The van der Waals surface area contributed by atoms with Gasteiger partial charge in [-0.05, 0) is 31.0 Å². The van der Waals surface area contributed by atoms with Gasteiger partial charge in [-0.1, -0.05) is 18.0 Å². The van der Waals surface area contributed by atoms with Crippen LogP contribution in [-0.2, 0) is 0 Å². The van der Waals surface area contributed by atoms with E-state index in [0.29, 0.717) is 16.6 Å². The molecule has 1 aliphatic carbocycles. The molecule has 0 unspecified atom stereocenters. The minimum absolute atomic E-state index is 0.0630. The van der Waals surface area contributed by atoms with Crippen LogP contribution in [-0.4, -0.2) is 10.9 Å². The molecule has 104 valence electrons. The van der Waals surface area contributed by atoms with Gasteiger partial charge in [0, 0.05) is 16.9 Å². The van der Waals surface area contributed by atoms with Gasteiger partial charge in [-0.2, -0.15) is 0 Å². The summed E-state index contributed by atoms with van der Waals surface area (Å²) < 4.78 is 13.1. The van der Waals surface area contributed by atoms with E-state index in [-0.39, 0.29) is 10.9 Å². The van der Waals surface area contributed by atoms with Gasteiger partial charge < -0.3 is 0 Å². The number of hydrogen-bond acceptors (Lipinski definition) is 3. The van der Waals surface area contributed by atoms with Gasteiger partial charge in [0.1, 0.15) is 5.82 Å². The van der Waals surface area contributed by atoms with Crippen LogP contribution in [0.2, 0.25) is 5.02 Å². The number of hydrogen-bond donors (Lipinski definition) is 1. The molecule has 1 saturated carbocycles. The molecule has 2 aromatic rings. The SMILES string of the molecule is O=C(Nc1nc(C2CCC2)cs1)c1ccc(F)c(Cl)c1. The zero-order valence-electron chi connectivity index (χ0n) is 10.5. The number of rotatable bonds is 3. The van der Waals surface area contributed by atoms with Gasteiger partial charge >= 0.3 is 0 Å². The number of anilines is 1. The van der Waals surface area contributed by atoms with Crippen molar-refractivity contribution in [3.05, 3.63) is 45.7 Å². The number of carbonyl (C=O) groups excluding carboxylic acids is 1. The average molecular weight is 311 g/mol. The fraction of sp³-hybridized carbons (Fsp3) is 0.286. The van der Waals surface area contributed by atoms with Crippen LogP contribution in [0.4, 0.5) is 9.52 Å². The third-order valence-electron chi connectivity index (χ3n) is 3.45. The second-order valence-corrected chi connectivity index (χ2v) is 6.05. The van der Waals surface area contributed by atoms with Crippen LogP contribution >= 0.6 is 22.9 Å². The smallest absolute Gasteiger partial charge is 0.257 e. The molecule has 1 aromatic carbocycles. The van der Waals surface area contributed by atoms with Crippen molar-refractivity contribution < 1.29 is 9.18 Å². The molecule has 0 atom stereocenters. The van der Waals surface area contributed by atoms with Crippen molar-refractivity contribution in [3.63, 3.8) is 0 Å². The Morgan fingerprint density at radius 2 is 2.25 bits per heavy atom. The van der Waals surface area contributed by atoms with Gasteiger partial charge in [-0.15, -0.1) is 11.3 Å². The maximum absolute atomic E-state index is 13.1. The second kappa shape index (κ2) is 5.50. The molecule has 1 fully saturated rings. The molecule has 6 heteroatoms. The summed E-state index contributed by atoms with van der Waals surface area (Å²) >= 11 is 7.07. The number of thiazole rings is 1. The van der Waals surface area contributed by atoms with Crippen LogP contribution in [0.5, 0.6) is 0 Å². The number of nitrogens with one attached hydrogen (secondary N) is 1. The van der Waals surface area contributed by atoms with E-state index in [2.05, 4.69) is 10.3 Å². The third-order valence-corrected chi connectivity index (χ3v) is 4.51. The van der Waals surface area contributed by atoms with Gasteiger partial charge in [0.2, 0.25) is 0 Å². The van der Waals surface area contributed by atoms with Crippen molar-refractivity contribution >= 4 is 34.0 Å². The predicted octanol–water partition coefficient (Wildman–Crippen LogP) is 4.46. The largest absolute Gasteiger partial charge is 0.298 e. The van der Waals surface area contributed by atoms with E-state index in [4.69, 9.17) is 11.6 Å². The molecule has 1 aliphatic rings. The Morgan fingerprint density at radius 3 is 2.90 bits per heavy atom. The zero-order chi connectivity index (χ0) is 14.1. The first-order valence-electron chi connectivity index (χ1n) is 6.35. The van der Waals surface area contributed by atoms with Gasteiger partial charge in [0.25, 0.3) is 5.91 Å². The minimum Gasteiger partial charge on any atom is -0.298 e. The highest BCUT2D eigenvalue weighted by Gasteiger charge is 2.22. The Balaban J connectivity index is 1.71. The Bertz CT molecular complexity index is 654. The lowest BCUT2D eigenvalue weighted by Gasteiger charge is -2.22. The molecule has 0 bridgehead atoms. The lowest BCUT2D eigenvalue weighted by Crippen LogP contribution is -2.13. The number of benzene rings is 1. The maximum Gasteiger partial charge on any atom is 0.257 e. The second-order valence-electron chi connectivity index (χ2n) is 4.79. The van der Waals surface area contributed by atoms with E-state index < -0.39 is 5.82 Å². The molecule has 0 saturated heterocycles. The molecule has 0 radical (unpaired) electrons. The summed E-state index contributed by atoms with van der Waals surface area (Å²) in [5.74, 6) is -0.330. The maximum atomic E-state index is 13.1. The summed E-state index contributed by atoms with van der Waals surface area (Å²) in [6.45, 7) is 0. The topological polar surface area (TPSA) is 42.0 Å². The lowest BCUT2D eigenvalue weighted by atomic mass is 9.83. The number of nitrogens with zero attached hydrogens (tertiary/aromatic N) is 1. The molecule has 1 heterocycles. The number of carbonyl (C=O) groups is 1. The van der Waals surface area contributed by atoms with Crippen LogP contribution in [0.25, 0.3) is 0 Å². The zero-order valence-corrected chi connectivity index (χ0v) is 12.1. The molecule has 3 nitrogen and oxygen atoms in total. The molecule has 1 N–H and O–H groups in total. The first-order valence-corrected chi connectivity index (χ1v) is 7.61. The molecular weight excluding hydrogens is 299 g/mol. The van der Waals surface area contributed by atoms with Gasteiger partial charge in [0.15, 0.2) is 5.13 Å². The van der Waals surface area contributed by atoms with Crippen LogP contribution in [0.3, 0.4) is 0 Å². The summed E-state index contributed by atoms with van der Waals surface area (Å²) in [7, 11) is 0. The van der Waals surface area contributed by atoms with Crippen LogP contribution in [0.15, 0.2) is 23.6 Å². The molecular formula is C14H12ClFN2OS. The van der Waals surface area contributed by atoms with E-state index >= 15 is 0 Å². The Kier molecular flexibility index (Phi) is 3.72. The lowest BCUT2D eigenvalue weighted by molar-refractivity contribution is 0.102. The van der Waals surface area contributed by atoms with Crippen molar-refractivity contribution in [1.82, 2.24) is 4.98 Å². The number of halogens is 2. The molecule has 1 aromatic heterocycles. The summed E-state index contributed by atoms with van der Waals surface area (Å²) in [6.07, 6.45) is 3.59. The number of aromatic nitrogens is 1. The summed E-state index contributed by atoms with van der Waals surface area (Å²) in [4.78, 5) is 16.4. The summed E-state index contributed by atoms with van der Waals surface area (Å²) in [5, 5.41) is 5.20.